The van der Waals surface area contributed by atoms with Crippen LogP contribution in [-0.4, -0.2) is 21.0 Å². The van der Waals surface area contributed by atoms with Gasteiger partial charge in [0.15, 0.2) is 3.92 Å². The summed E-state index contributed by atoms with van der Waals surface area (Å²) >= 11 is 4.63. The number of carboxylic acids is 1. The van der Waals surface area contributed by atoms with Gasteiger partial charge in [-0.1, -0.05) is 11.3 Å². The number of nitrogens with zero attached hydrogens (tertiary/aromatic N) is 1. The van der Waals surface area contributed by atoms with E-state index in [0.717, 1.165) is 14.3 Å². The van der Waals surface area contributed by atoms with E-state index in [0.29, 0.717) is 5.56 Å². The highest BCUT2D eigenvalue weighted by atomic mass is 79.9. The monoisotopic (exact) mass is 260 g/mol. The Morgan fingerprint density at radius 2 is 2.38 bits per heavy atom. The molecule has 0 fully saturated rings. The molecule has 2 heterocycles. The second kappa shape index (κ2) is 2.81. The lowest BCUT2D eigenvalue weighted by atomic mass is 10.2. The van der Waals surface area contributed by atoms with E-state index < -0.39 is 5.97 Å². The lowest BCUT2D eigenvalue weighted by molar-refractivity contribution is 0.0691. The summed E-state index contributed by atoms with van der Waals surface area (Å²) in [6, 6.07) is 0. The van der Waals surface area contributed by atoms with Crippen molar-refractivity contribution in [3.63, 3.8) is 0 Å². The summed E-state index contributed by atoms with van der Waals surface area (Å²) in [7, 11) is 0. The Bertz CT molecular complexity index is 488. The third-order valence-corrected chi connectivity index (χ3v) is 3.21. The maximum atomic E-state index is 10.7. The third kappa shape index (κ3) is 1.26. The van der Waals surface area contributed by atoms with E-state index in [-0.39, 0.29) is 5.69 Å². The van der Waals surface area contributed by atoms with E-state index in [1.165, 1.54) is 11.3 Å². The second-order valence-corrected chi connectivity index (χ2v) is 4.85. The van der Waals surface area contributed by atoms with Crippen molar-refractivity contribution in [3.05, 3.63) is 15.2 Å². The number of carbonyl (C=O) groups is 1. The van der Waals surface area contributed by atoms with E-state index in [1.54, 1.807) is 6.92 Å². The lowest BCUT2D eigenvalue weighted by Gasteiger charge is -1.89. The zero-order valence-corrected chi connectivity index (χ0v) is 8.99. The fourth-order valence-corrected chi connectivity index (χ4v) is 2.59. The van der Waals surface area contributed by atoms with Crippen LogP contribution in [0.15, 0.2) is 3.92 Å². The maximum Gasteiger partial charge on any atom is 0.352 e. The first kappa shape index (κ1) is 8.71. The molecule has 2 rings (SSSR count). The van der Waals surface area contributed by atoms with Gasteiger partial charge in [-0.2, -0.15) is 0 Å². The van der Waals surface area contributed by atoms with Crippen LogP contribution in [0.5, 0.6) is 0 Å². The number of rotatable bonds is 1. The topological polar surface area (TPSA) is 66.0 Å². The summed E-state index contributed by atoms with van der Waals surface area (Å²) < 4.78 is 0.758. The SMILES string of the molecule is Cc1c(C(=O)O)[nH]c2sc(Br)nc12. The highest BCUT2D eigenvalue weighted by molar-refractivity contribution is 9.11. The number of aromatic amines is 1. The molecule has 0 amide bonds. The lowest BCUT2D eigenvalue weighted by Crippen LogP contribution is -1.98. The minimum absolute atomic E-state index is 0.223. The van der Waals surface area contributed by atoms with Gasteiger partial charge in [0.25, 0.3) is 0 Å². The van der Waals surface area contributed by atoms with Crippen molar-refractivity contribution in [2.45, 2.75) is 6.92 Å². The highest BCUT2D eigenvalue weighted by Gasteiger charge is 2.16. The van der Waals surface area contributed by atoms with Crippen LogP contribution in [0.2, 0.25) is 0 Å². The number of nitrogens with one attached hydrogen (secondary N) is 1. The first-order valence-corrected chi connectivity index (χ1v) is 5.08. The average molecular weight is 261 g/mol. The molecule has 2 N–H and O–H groups in total. The van der Waals surface area contributed by atoms with E-state index in [4.69, 9.17) is 5.11 Å². The van der Waals surface area contributed by atoms with Gasteiger partial charge in [0.1, 0.15) is 16.0 Å². The fourth-order valence-electron chi connectivity index (χ4n) is 1.17. The number of fused-ring (bicyclic) bond motifs is 1. The van der Waals surface area contributed by atoms with Gasteiger partial charge in [-0.05, 0) is 22.9 Å². The van der Waals surface area contributed by atoms with Crippen molar-refractivity contribution in [2.75, 3.05) is 0 Å². The fraction of sp³-hybridized carbons (Fsp3) is 0.143. The molecule has 0 aliphatic rings. The quantitative estimate of drug-likeness (QED) is 0.828. The molecule has 0 aliphatic carbocycles. The highest BCUT2D eigenvalue weighted by Crippen LogP contribution is 2.29. The van der Waals surface area contributed by atoms with Crippen LogP contribution in [0.1, 0.15) is 16.1 Å². The Hall–Kier alpha value is -0.880. The van der Waals surface area contributed by atoms with Crippen LogP contribution < -0.4 is 0 Å². The van der Waals surface area contributed by atoms with Crippen LogP contribution in [0.25, 0.3) is 10.3 Å². The molecule has 0 unspecified atom stereocenters. The molecule has 13 heavy (non-hydrogen) atoms. The van der Waals surface area contributed by atoms with E-state index >= 15 is 0 Å². The van der Waals surface area contributed by atoms with Gasteiger partial charge in [0.05, 0.1) is 0 Å². The standard InChI is InChI=1S/C7H5BrN2O2S/c1-2-3-5(13-7(8)10-3)9-4(2)6(11)12/h9H,1H3,(H,11,12). The molecule has 0 aromatic carbocycles. The number of hydrogen-bond acceptors (Lipinski definition) is 3. The van der Waals surface area contributed by atoms with E-state index in [1.807, 2.05) is 0 Å². The summed E-state index contributed by atoms with van der Waals surface area (Å²) in [5.41, 5.74) is 1.64. The summed E-state index contributed by atoms with van der Waals surface area (Å²) in [6.45, 7) is 1.74. The molecule has 0 atom stereocenters. The minimum atomic E-state index is -0.946. The molecular weight excluding hydrogens is 256 g/mol. The predicted octanol–water partition coefficient (Wildman–Crippen LogP) is 2.39. The van der Waals surface area contributed by atoms with E-state index in [9.17, 15) is 4.79 Å². The molecule has 0 saturated carbocycles. The average Bonchev–Trinajstić information content (AvgIpc) is 2.51. The van der Waals surface area contributed by atoms with Gasteiger partial charge >= 0.3 is 5.97 Å². The molecule has 0 spiro atoms. The second-order valence-electron chi connectivity index (χ2n) is 2.57. The molecule has 0 bridgehead atoms. The van der Waals surface area contributed by atoms with Crippen molar-refractivity contribution in [3.8, 4) is 0 Å². The number of hydrogen-bond donors (Lipinski definition) is 2. The summed E-state index contributed by atoms with van der Waals surface area (Å²) in [5, 5.41) is 8.79. The maximum absolute atomic E-state index is 10.7. The zero-order chi connectivity index (χ0) is 9.59. The van der Waals surface area contributed by atoms with Gasteiger partial charge in [-0.25, -0.2) is 9.78 Å². The summed E-state index contributed by atoms with van der Waals surface area (Å²) in [6.07, 6.45) is 0. The number of thiazole rings is 1. The molecule has 0 radical (unpaired) electrons. The predicted molar refractivity (Wildman–Crippen MR) is 53.4 cm³/mol. The van der Waals surface area contributed by atoms with Crippen molar-refractivity contribution < 1.29 is 9.90 Å². The first-order chi connectivity index (χ1) is 6.09. The third-order valence-electron chi connectivity index (χ3n) is 1.78. The van der Waals surface area contributed by atoms with Crippen molar-refractivity contribution in [1.82, 2.24) is 9.97 Å². The summed E-state index contributed by atoms with van der Waals surface area (Å²) in [5.74, 6) is -0.946. The van der Waals surface area contributed by atoms with Gasteiger partial charge in [-0.15, -0.1) is 0 Å². The normalized spacial score (nSPS) is 10.9. The van der Waals surface area contributed by atoms with Crippen LogP contribution in [0, 0.1) is 6.92 Å². The van der Waals surface area contributed by atoms with E-state index in [2.05, 4.69) is 25.9 Å². The number of aromatic nitrogens is 2. The number of halogens is 1. The number of carboxylic acid groups (broad SMARTS) is 1. The molecule has 4 nitrogen and oxygen atoms in total. The van der Waals surface area contributed by atoms with Crippen LogP contribution in [0.3, 0.4) is 0 Å². The molecular formula is C7H5BrN2O2S. The smallest absolute Gasteiger partial charge is 0.352 e. The first-order valence-electron chi connectivity index (χ1n) is 3.47. The van der Waals surface area contributed by atoms with Gasteiger partial charge in [-0.3, -0.25) is 0 Å². The van der Waals surface area contributed by atoms with Crippen LogP contribution >= 0.6 is 27.3 Å². The Labute approximate surface area is 85.7 Å². The largest absolute Gasteiger partial charge is 0.477 e. The molecule has 2 aromatic heterocycles. The Balaban J connectivity index is 2.76. The minimum Gasteiger partial charge on any atom is -0.477 e. The molecule has 0 saturated heterocycles. The Morgan fingerprint density at radius 1 is 1.69 bits per heavy atom. The summed E-state index contributed by atoms with van der Waals surface area (Å²) in [4.78, 5) is 18.5. The molecule has 0 aliphatic heterocycles. The Morgan fingerprint density at radius 3 is 2.92 bits per heavy atom. The van der Waals surface area contributed by atoms with Crippen molar-refractivity contribution in [2.24, 2.45) is 0 Å². The Kier molecular flexibility index (Phi) is 1.88. The van der Waals surface area contributed by atoms with Crippen LogP contribution in [-0.2, 0) is 0 Å². The molecule has 6 heteroatoms. The van der Waals surface area contributed by atoms with Gasteiger partial charge in [0.2, 0.25) is 0 Å². The zero-order valence-electron chi connectivity index (χ0n) is 6.59. The number of aromatic carboxylic acids is 1. The number of H-pyrrole nitrogens is 1. The molecule has 68 valence electrons. The van der Waals surface area contributed by atoms with Crippen molar-refractivity contribution >= 4 is 43.6 Å². The van der Waals surface area contributed by atoms with Crippen molar-refractivity contribution in [1.29, 1.82) is 0 Å². The van der Waals surface area contributed by atoms with Gasteiger partial charge in [0, 0.05) is 5.56 Å². The van der Waals surface area contributed by atoms with Crippen LogP contribution in [0.4, 0.5) is 0 Å². The number of aryl methyl sites for hydroxylation is 1. The molecule has 2 aromatic rings. The van der Waals surface area contributed by atoms with Gasteiger partial charge < -0.3 is 10.1 Å².